The molecule has 4 rings (SSSR count). The van der Waals surface area contributed by atoms with Gasteiger partial charge in [-0.1, -0.05) is 61.4 Å². The minimum atomic E-state index is -0.229. The summed E-state index contributed by atoms with van der Waals surface area (Å²) in [4.78, 5) is 40.6. The Morgan fingerprint density at radius 2 is 1.54 bits per heavy atom. The van der Waals surface area contributed by atoms with Crippen LogP contribution < -0.4 is 10.6 Å². The Kier molecular flexibility index (Phi) is 8.35. The van der Waals surface area contributed by atoms with Gasteiger partial charge in [0.05, 0.1) is 5.92 Å². The Morgan fingerprint density at radius 3 is 2.29 bits per heavy atom. The first-order chi connectivity index (χ1) is 17.0. The Balaban J connectivity index is 1.34. The average Bonchev–Trinajstić information content (AvgIpc) is 2.89. The second kappa shape index (κ2) is 11.8. The van der Waals surface area contributed by atoms with Crippen molar-refractivity contribution in [2.45, 2.75) is 57.5 Å². The molecule has 1 heterocycles. The third-order valence-electron chi connectivity index (χ3n) is 7.12. The van der Waals surface area contributed by atoms with E-state index in [0.717, 1.165) is 49.7 Å². The van der Waals surface area contributed by atoms with Gasteiger partial charge in [0.15, 0.2) is 0 Å². The lowest BCUT2D eigenvalue weighted by molar-refractivity contribution is -0.132. The molecule has 2 aliphatic rings. The molecule has 0 aromatic heterocycles. The fourth-order valence-corrected chi connectivity index (χ4v) is 5.08. The van der Waals surface area contributed by atoms with Crippen LogP contribution in [0.4, 0.5) is 0 Å². The van der Waals surface area contributed by atoms with E-state index in [0.29, 0.717) is 18.7 Å². The van der Waals surface area contributed by atoms with Crippen LogP contribution in [-0.2, 0) is 9.59 Å². The second-order valence-electron chi connectivity index (χ2n) is 9.66. The van der Waals surface area contributed by atoms with Crippen LogP contribution in [0.15, 0.2) is 60.7 Å². The van der Waals surface area contributed by atoms with E-state index >= 15 is 0 Å². The molecule has 6 heteroatoms. The van der Waals surface area contributed by atoms with Crippen molar-refractivity contribution in [3.63, 3.8) is 0 Å². The zero-order valence-electron chi connectivity index (χ0n) is 20.4. The number of piperidine rings is 1. The van der Waals surface area contributed by atoms with Crippen LogP contribution in [0.5, 0.6) is 0 Å². The number of carbonyl (C=O) groups excluding carboxylic acids is 3. The van der Waals surface area contributed by atoms with Crippen LogP contribution in [0.25, 0.3) is 6.08 Å². The molecule has 0 bridgehead atoms. The average molecular weight is 474 g/mol. The maximum atomic E-state index is 13.2. The lowest BCUT2D eigenvalue weighted by atomic mass is 9.88. The molecule has 3 amide bonds. The molecule has 2 aromatic rings. The summed E-state index contributed by atoms with van der Waals surface area (Å²) in [5.41, 5.74) is 2.59. The van der Waals surface area contributed by atoms with Crippen LogP contribution in [0, 0.1) is 12.8 Å². The Hall–Kier alpha value is -3.41. The third-order valence-corrected chi connectivity index (χ3v) is 7.12. The van der Waals surface area contributed by atoms with E-state index in [1.54, 1.807) is 11.0 Å². The van der Waals surface area contributed by atoms with Gasteiger partial charge in [-0.2, -0.15) is 0 Å². The van der Waals surface area contributed by atoms with Gasteiger partial charge in [-0.05, 0) is 55.9 Å². The lowest BCUT2D eigenvalue weighted by Gasteiger charge is -2.36. The van der Waals surface area contributed by atoms with Crippen LogP contribution >= 0.6 is 0 Å². The fraction of sp³-hybridized carbons (Fsp3) is 0.414. The molecule has 6 nitrogen and oxygen atoms in total. The quantitative estimate of drug-likeness (QED) is 0.620. The van der Waals surface area contributed by atoms with E-state index in [1.807, 2.05) is 67.6 Å². The third kappa shape index (κ3) is 6.59. The molecule has 3 atom stereocenters. The van der Waals surface area contributed by atoms with E-state index in [2.05, 4.69) is 10.6 Å². The second-order valence-corrected chi connectivity index (χ2v) is 9.66. The molecule has 2 N–H and O–H groups in total. The van der Waals surface area contributed by atoms with Crippen molar-refractivity contribution in [3.05, 3.63) is 77.4 Å². The van der Waals surface area contributed by atoms with Gasteiger partial charge in [0.25, 0.3) is 5.91 Å². The molecule has 0 radical (unpaired) electrons. The molecule has 1 saturated heterocycles. The van der Waals surface area contributed by atoms with E-state index in [-0.39, 0.29) is 35.7 Å². The minimum absolute atomic E-state index is 0.0171. The first-order valence-corrected chi connectivity index (χ1v) is 12.7. The summed E-state index contributed by atoms with van der Waals surface area (Å²) in [7, 11) is 0. The molecule has 2 fully saturated rings. The number of carbonyl (C=O) groups is 3. The number of amides is 3. The van der Waals surface area contributed by atoms with Gasteiger partial charge in [-0.15, -0.1) is 0 Å². The summed E-state index contributed by atoms with van der Waals surface area (Å²) in [5, 5.41) is 6.38. The number of nitrogens with zero attached hydrogens (tertiary/aromatic N) is 1. The molecule has 1 aliphatic heterocycles. The summed E-state index contributed by atoms with van der Waals surface area (Å²) in [6.07, 6.45) is 8.74. The minimum Gasteiger partial charge on any atom is -0.351 e. The predicted molar refractivity (Wildman–Crippen MR) is 138 cm³/mol. The molecular formula is C29H35N3O3. The zero-order valence-corrected chi connectivity index (χ0v) is 20.4. The number of nitrogens with one attached hydrogen (secondary N) is 2. The van der Waals surface area contributed by atoms with Crippen molar-refractivity contribution in [3.8, 4) is 0 Å². The number of hydrogen-bond acceptors (Lipinski definition) is 3. The van der Waals surface area contributed by atoms with Crippen molar-refractivity contribution < 1.29 is 14.4 Å². The van der Waals surface area contributed by atoms with Gasteiger partial charge in [0.2, 0.25) is 11.8 Å². The summed E-state index contributed by atoms with van der Waals surface area (Å²) < 4.78 is 0. The molecular weight excluding hydrogens is 438 g/mol. The van der Waals surface area contributed by atoms with Gasteiger partial charge in [0, 0.05) is 36.8 Å². The lowest BCUT2D eigenvalue weighted by Crippen LogP contribution is -2.55. The van der Waals surface area contributed by atoms with E-state index in [9.17, 15) is 14.4 Å². The summed E-state index contributed by atoms with van der Waals surface area (Å²) >= 11 is 0. The van der Waals surface area contributed by atoms with Crippen LogP contribution in [-0.4, -0.2) is 47.8 Å². The largest absolute Gasteiger partial charge is 0.351 e. The molecule has 0 unspecified atom stereocenters. The van der Waals surface area contributed by atoms with Crippen molar-refractivity contribution in [2.24, 2.45) is 5.92 Å². The highest BCUT2D eigenvalue weighted by atomic mass is 16.2. The predicted octanol–water partition coefficient (Wildman–Crippen LogP) is 4.10. The van der Waals surface area contributed by atoms with E-state index < -0.39 is 0 Å². The van der Waals surface area contributed by atoms with Gasteiger partial charge < -0.3 is 15.5 Å². The van der Waals surface area contributed by atoms with Gasteiger partial charge in [-0.3, -0.25) is 14.4 Å². The number of benzene rings is 2. The molecule has 35 heavy (non-hydrogen) atoms. The van der Waals surface area contributed by atoms with Gasteiger partial charge in [-0.25, -0.2) is 0 Å². The first-order valence-electron chi connectivity index (χ1n) is 12.7. The van der Waals surface area contributed by atoms with Crippen LogP contribution in [0.1, 0.15) is 60.0 Å². The normalized spacial score (nSPS) is 22.5. The molecule has 2 aromatic carbocycles. The van der Waals surface area contributed by atoms with Crippen molar-refractivity contribution >= 4 is 23.8 Å². The fourth-order valence-electron chi connectivity index (χ4n) is 5.08. The molecule has 1 aliphatic carbocycles. The highest BCUT2D eigenvalue weighted by molar-refractivity contribution is 5.96. The number of likely N-dealkylation sites (tertiary alicyclic amines) is 1. The van der Waals surface area contributed by atoms with Crippen LogP contribution in [0.2, 0.25) is 0 Å². The monoisotopic (exact) mass is 473 g/mol. The maximum absolute atomic E-state index is 13.2. The highest BCUT2D eigenvalue weighted by Gasteiger charge is 2.33. The number of aryl methyl sites for hydroxylation is 1. The molecule has 184 valence electrons. The number of rotatable bonds is 6. The van der Waals surface area contributed by atoms with Crippen molar-refractivity contribution in [1.82, 2.24) is 15.5 Å². The highest BCUT2D eigenvalue weighted by Crippen LogP contribution is 2.22. The van der Waals surface area contributed by atoms with Crippen molar-refractivity contribution in [1.29, 1.82) is 0 Å². The first kappa shape index (κ1) is 24.7. The number of hydrogen-bond donors (Lipinski definition) is 2. The standard InChI is InChI=1S/C29H35N3O3/c1-21-10-5-6-14-24(21)29(35)31-26-16-8-7-15-25(26)30-28(34)23-13-9-19-32(20-23)27(33)18-17-22-11-3-2-4-12-22/h2-6,10-12,14,17-18,23,25-26H,7-9,13,15-16,19-20H2,1H3,(H,30,34)(H,31,35)/b18-17+/t23-,25-,26-/m1/s1. The van der Waals surface area contributed by atoms with E-state index in [1.165, 1.54) is 0 Å². The smallest absolute Gasteiger partial charge is 0.251 e. The molecule has 0 spiro atoms. The Labute approximate surface area is 207 Å². The zero-order chi connectivity index (χ0) is 24.6. The van der Waals surface area contributed by atoms with Gasteiger partial charge in [0.1, 0.15) is 0 Å². The molecule has 1 saturated carbocycles. The van der Waals surface area contributed by atoms with Crippen LogP contribution in [0.3, 0.4) is 0 Å². The topological polar surface area (TPSA) is 78.5 Å². The summed E-state index contributed by atoms with van der Waals surface area (Å²) in [6, 6.07) is 17.1. The summed E-state index contributed by atoms with van der Waals surface area (Å²) in [5.74, 6) is -0.398. The Morgan fingerprint density at radius 1 is 0.857 bits per heavy atom. The summed E-state index contributed by atoms with van der Waals surface area (Å²) in [6.45, 7) is 3.03. The SMILES string of the molecule is Cc1ccccc1C(=O)N[C@@H]1CCCC[C@H]1NC(=O)[C@@H]1CCCN(C(=O)/C=C/c2ccccc2)C1. The van der Waals surface area contributed by atoms with Crippen molar-refractivity contribution in [2.75, 3.05) is 13.1 Å². The van der Waals surface area contributed by atoms with Gasteiger partial charge >= 0.3 is 0 Å². The maximum Gasteiger partial charge on any atom is 0.251 e. The Bertz CT molecular complexity index is 1070. The van der Waals surface area contributed by atoms with E-state index in [4.69, 9.17) is 0 Å².